The predicted molar refractivity (Wildman–Crippen MR) is 111 cm³/mol. The second-order valence-electron chi connectivity index (χ2n) is 6.45. The molecule has 4 aromatic carbocycles. The fraction of sp³-hybridized carbons (Fsp3) is 0. The minimum atomic E-state index is -4.52. The second-order valence-corrected chi connectivity index (χ2v) is 7.84. The SMILES string of the molecule is O=C(O)c1c(O)c(/N=N/c2cccc3cccc(S(=O)(=O)O)c23)cc2ccccc12. The van der Waals surface area contributed by atoms with E-state index in [-0.39, 0.29) is 27.2 Å². The van der Waals surface area contributed by atoms with E-state index in [1.54, 1.807) is 42.5 Å². The lowest BCUT2D eigenvalue weighted by molar-refractivity contribution is 0.0696. The molecule has 0 aliphatic heterocycles. The largest absolute Gasteiger partial charge is 0.505 e. The molecule has 0 radical (unpaired) electrons. The van der Waals surface area contributed by atoms with Crippen molar-refractivity contribution in [1.29, 1.82) is 0 Å². The summed E-state index contributed by atoms with van der Waals surface area (Å²) < 4.78 is 33.1. The third kappa shape index (κ3) is 3.36. The molecule has 0 spiro atoms. The Bertz CT molecular complexity index is 1460. The van der Waals surface area contributed by atoms with Crippen molar-refractivity contribution < 1.29 is 28.0 Å². The van der Waals surface area contributed by atoms with Crippen molar-refractivity contribution in [3.63, 3.8) is 0 Å². The van der Waals surface area contributed by atoms with E-state index >= 15 is 0 Å². The summed E-state index contributed by atoms with van der Waals surface area (Å²) in [6, 6.07) is 17.3. The summed E-state index contributed by atoms with van der Waals surface area (Å²) in [6.07, 6.45) is 0. The van der Waals surface area contributed by atoms with Crippen LogP contribution in [0.3, 0.4) is 0 Å². The third-order valence-corrected chi connectivity index (χ3v) is 5.50. The molecule has 0 saturated heterocycles. The van der Waals surface area contributed by atoms with E-state index < -0.39 is 21.8 Å². The Kier molecular flexibility index (Phi) is 4.69. The number of carboxylic acid groups (broad SMARTS) is 1. The average Bonchev–Trinajstić information content (AvgIpc) is 2.70. The zero-order chi connectivity index (χ0) is 21.5. The molecular weight excluding hydrogens is 408 g/mol. The normalized spacial score (nSPS) is 12.0. The number of carboxylic acids is 1. The maximum absolute atomic E-state index is 11.8. The maximum atomic E-state index is 11.8. The van der Waals surface area contributed by atoms with E-state index in [4.69, 9.17) is 0 Å². The third-order valence-electron chi connectivity index (χ3n) is 4.60. The van der Waals surface area contributed by atoms with Crippen molar-refractivity contribution in [3.8, 4) is 5.75 Å². The van der Waals surface area contributed by atoms with E-state index in [1.807, 2.05) is 0 Å². The Morgan fingerprint density at radius 1 is 0.833 bits per heavy atom. The number of carbonyl (C=O) groups is 1. The molecule has 0 aliphatic rings. The predicted octanol–water partition coefficient (Wildman–Crippen LogP) is 5.06. The molecule has 4 rings (SSSR count). The highest BCUT2D eigenvalue weighted by atomic mass is 32.2. The molecule has 0 fully saturated rings. The van der Waals surface area contributed by atoms with Crippen LogP contribution < -0.4 is 0 Å². The van der Waals surface area contributed by atoms with Crippen molar-refractivity contribution >= 4 is 49.0 Å². The van der Waals surface area contributed by atoms with Gasteiger partial charge >= 0.3 is 5.97 Å². The molecule has 30 heavy (non-hydrogen) atoms. The number of benzene rings is 4. The lowest BCUT2D eigenvalue weighted by atomic mass is 10.0. The van der Waals surface area contributed by atoms with E-state index in [9.17, 15) is 28.0 Å². The molecule has 0 aliphatic carbocycles. The van der Waals surface area contributed by atoms with Crippen molar-refractivity contribution in [2.24, 2.45) is 10.2 Å². The van der Waals surface area contributed by atoms with Gasteiger partial charge in [0.2, 0.25) is 0 Å². The van der Waals surface area contributed by atoms with Gasteiger partial charge in [0.25, 0.3) is 10.1 Å². The van der Waals surface area contributed by atoms with Gasteiger partial charge in [-0.3, -0.25) is 4.55 Å². The summed E-state index contributed by atoms with van der Waals surface area (Å²) in [5, 5.41) is 29.6. The smallest absolute Gasteiger partial charge is 0.340 e. The van der Waals surface area contributed by atoms with Gasteiger partial charge in [0, 0.05) is 10.8 Å². The Morgan fingerprint density at radius 3 is 2.17 bits per heavy atom. The first kappa shape index (κ1) is 19.5. The van der Waals surface area contributed by atoms with E-state index in [0.29, 0.717) is 16.2 Å². The molecule has 150 valence electrons. The summed E-state index contributed by atoms with van der Waals surface area (Å²) in [7, 11) is -4.52. The molecule has 0 heterocycles. The van der Waals surface area contributed by atoms with Gasteiger partial charge in [-0.25, -0.2) is 4.79 Å². The first-order valence-electron chi connectivity index (χ1n) is 8.66. The van der Waals surface area contributed by atoms with Crippen molar-refractivity contribution in [2.45, 2.75) is 4.90 Å². The number of aromatic carboxylic acids is 1. The van der Waals surface area contributed by atoms with Gasteiger partial charge in [-0.05, 0) is 29.0 Å². The fourth-order valence-corrected chi connectivity index (χ4v) is 4.04. The van der Waals surface area contributed by atoms with Gasteiger partial charge in [-0.2, -0.15) is 8.42 Å². The van der Waals surface area contributed by atoms with Gasteiger partial charge < -0.3 is 10.2 Å². The number of rotatable bonds is 4. The lowest BCUT2D eigenvalue weighted by Crippen LogP contribution is -1.99. The zero-order valence-corrected chi connectivity index (χ0v) is 16.0. The van der Waals surface area contributed by atoms with Crippen LogP contribution in [0.15, 0.2) is 81.9 Å². The van der Waals surface area contributed by atoms with Crippen LogP contribution in [0.1, 0.15) is 10.4 Å². The van der Waals surface area contributed by atoms with Crippen LogP contribution >= 0.6 is 0 Å². The van der Waals surface area contributed by atoms with E-state index in [2.05, 4.69) is 10.2 Å². The standard InChI is InChI=1S/C21H14N2O6S/c24-20-16(11-13-5-1-2-8-14(13)19(20)21(25)26)23-22-15-9-3-6-12-7-4-10-17(18(12)15)30(27,28)29/h1-11,24H,(H,25,26)(H,27,28,29)/b23-22+. The van der Waals surface area contributed by atoms with Crippen LogP contribution in [0.25, 0.3) is 21.5 Å². The number of nitrogens with zero attached hydrogens (tertiary/aromatic N) is 2. The molecule has 0 atom stereocenters. The molecule has 3 N–H and O–H groups in total. The first-order valence-corrected chi connectivity index (χ1v) is 10.1. The van der Waals surface area contributed by atoms with Crippen LogP contribution in [0.5, 0.6) is 5.75 Å². The molecule has 0 bridgehead atoms. The van der Waals surface area contributed by atoms with Gasteiger partial charge in [0.05, 0.1) is 5.69 Å². The molecule has 8 nitrogen and oxygen atoms in total. The van der Waals surface area contributed by atoms with Crippen LogP contribution in [-0.4, -0.2) is 29.2 Å². The number of hydrogen-bond donors (Lipinski definition) is 3. The van der Waals surface area contributed by atoms with Crippen molar-refractivity contribution in [1.82, 2.24) is 0 Å². The molecule has 9 heteroatoms. The summed E-state index contributed by atoms with van der Waals surface area (Å²) in [5.74, 6) is -1.88. The Morgan fingerprint density at radius 2 is 1.47 bits per heavy atom. The Labute approximate surface area is 170 Å². The number of phenols is 1. The first-order chi connectivity index (χ1) is 14.3. The zero-order valence-electron chi connectivity index (χ0n) is 15.2. The van der Waals surface area contributed by atoms with Gasteiger partial charge in [-0.1, -0.05) is 48.5 Å². The fourth-order valence-electron chi connectivity index (χ4n) is 3.31. The van der Waals surface area contributed by atoms with E-state index in [0.717, 1.165) is 0 Å². The lowest BCUT2D eigenvalue weighted by Gasteiger charge is -2.08. The number of hydrogen-bond acceptors (Lipinski definition) is 6. The van der Waals surface area contributed by atoms with E-state index in [1.165, 1.54) is 24.3 Å². The topological polar surface area (TPSA) is 137 Å². The van der Waals surface area contributed by atoms with Gasteiger partial charge in [0.15, 0.2) is 5.75 Å². The molecule has 0 aromatic heterocycles. The highest BCUT2D eigenvalue weighted by Crippen LogP contribution is 2.39. The maximum Gasteiger partial charge on any atom is 0.340 e. The molecular formula is C21H14N2O6S. The molecule has 0 saturated carbocycles. The number of fused-ring (bicyclic) bond motifs is 2. The summed E-state index contributed by atoms with van der Waals surface area (Å²) >= 11 is 0. The minimum Gasteiger partial charge on any atom is -0.505 e. The van der Waals surface area contributed by atoms with Gasteiger partial charge in [-0.15, -0.1) is 10.2 Å². The molecule has 0 amide bonds. The van der Waals surface area contributed by atoms with Crippen molar-refractivity contribution in [2.75, 3.05) is 0 Å². The Balaban J connectivity index is 1.94. The Hall–Kier alpha value is -3.82. The number of azo groups is 1. The highest BCUT2D eigenvalue weighted by molar-refractivity contribution is 7.86. The monoisotopic (exact) mass is 422 g/mol. The minimum absolute atomic E-state index is 0.0903. The van der Waals surface area contributed by atoms with Crippen molar-refractivity contribution in [3.05, 3.63) is 72.3 Å². The average molecular weight is 422 g/mol. The van der Waals surface area contributed by atoms with Crippen LogP contribution in [0.2, 0.25) is 0 Å². The highest BCUT2D eigenvalue weighted by Gasteiger charge is 2.19. The summed E-state index contributed by atoms with van der Waals surface area (Å²) in [6.45, 7) is 0. The van der Waals surface area contributed by atoms with Crippen LogP contribution in [-0.2, 0) is 10.1 Å². The number of aromatic hydroxyl groups is 1. The van der Waals surface area contributed by atoms with Crippen LogP contribution in [0, 0.1) is 0 Å². The summed E-state index contributed by atoms with van der Waals surface area (Å²) in [5.41, 5.74) is -0.267. The quantitative estimate of drug-likeness (QED) is 0.311. The summed E-state index contributed by atoms with van der Waals surface area (Å²) in [4.78, 5) is 11.3. The van der Waals surface area contributed by atoms with Gasteiger partial charge in [0.1, 0.15) is 16.1 Å². The molecule has 0 unspecified atom stereocenters. The molecule has 4 aromatic rings. The second kappa shape index (κ2) is 7.21. The van der Waals surface area contributed by atoms with Crippen LogP contribution in [0.4, 0.5) is 11.4 Å².